The number of hydrogen-bond acceptors (Lipinski definition) is 3. The third-order valence-corrected chi connectivity index (χ3v) is 4.51. The van der Waals surface area contributed by atoms with Gasteiger partial charge in [-0.25, -0.2) is 9.18 Å². The van der Waals surface area contributed by atoms with Crippen LogP contribution < -0.4 is 5.32 Å². The molecule has 1 aromatic carbocycles. The van der Waals surface area contributed by atoms with Gasteiger partial charge in [0.25, 0.3) is 0 Å². The minimum Gasteiger partial charge on any atom is -0.465 e. The maximum atomic E-state index is 14.5. The Labute approximate surface area is 150 Å². The van der Waals surface area contributed by atoms with E-state index in [1.807, 2.05) is 0 Å². The molecule has 2 N–H and O–H groups in total. The number of hydrogen-bond donors (Lipinski definition) is 2. The van der Waals surface area contributed by atoms with Crippen LogP contribution in [0.2, 0.25) is 5.02 Å². The first-order valence-electron chi connectivity index (χ1n) is 8.18. The van der Waals surface area contributed by atoms with Crippen LogP contribution in [0.15, 0.2) is 18.2 Å². The highest BCUT2D eigenvalue weighted by Gasteiger charge is 2.32. The standard InChI is InChI=1S/C17H22ClFN2O4/c1-11(22)20-7-9-25-16(13-5-2-6-14(18)15(13)19)12-4-3-8-21(10-12)17(23)24/h2,5-6,12,16H,3-4,7-10H2,1H3,(H,20,22)(H,23,24)/t12?,16-/m1/s1. The lowest BCUT2D eigenvalue weighted by Crippen LogP contribution is -2.41. The molecule has 1 heterocycles. The average Bonchev–Trinajstić information content (AvgIpc) is 2.58. The second kappa shape index (κ2) is 9.01. The summed E-state index contributed by atoms with van der Waals surface area (Å²) in [6.45, 7) is 2.62. The Kier molecular flexibility index (Phi) is 7.01. The molecule has 2 atom stereocenters. The number of nitrogens with one attached hydrogen (secondary N) is 1. The maximum Gasteiger partial charge on any atom is 0.407 e. The minimum absolute atomic E-state index is 0.00105. The van der Waals surface area contributed by atoms with Crippen LogP contribution in [0.5, 0.6) is 0 Å². The van der Waals surface area contributed by atoms with Crippen LogP contribution >= 0.6 is 11.6 Å². The lowest BCUT2D eigenvalue weighted by atomic mass is 9.88. The van der Waals surface area contributed by atoms with Gasteiger partial charge in [0.2, 0.25) is 5.91 Å². The average molecular weight is 373 g/mol. The van der Waals surface area contributed by atoms with Crippen LogP contribution in [0.1, 0.15) is 31.4 Å². The number of piperidine rings is 1. The van der Waals surface area contributed by atoms with E-state index < -0.39 is 18.0 Å². The first-order chi connectivity index (χ1) is 11.9. The normalized spacial score (nSPS) is 18.7. The first-order valence-corrected chi connectivity index (χ1v) is 8.55. The Morgan fingerprint density at radius 3 is 2.96 bits per heavy atom. The van der Waals surface area contributed by atoms with E-state index in [0.717, 1.165) is 6.42 Å². The van der Waals surface area contributed by atoms with Crippen LogP contribution in [-0.2, 0) is 9.53 Å². The van der Waals surface area contributed by atoms with Crippen molar-refractivity contribution in [3.63, 3.8) is 0 Å². The zero-order valence-corrected chi connectivity index (χ0v) is 14.8. The summed E-state index contributed by atoms with van der Waals surface area (Å²) in [4.78, 5) is 23.5. The zero-order valence-electron chi connectivity index (χ0n) is 14.0. The van der Waals surface area contributed by atoms with Gasteiger partial charge in [0.05, 0.1) is 17.7 Å². The first kappa shape index (κ1) is 19.5. The number of likely N-dealkylation sites (tertiary alicyclic amines) is 1. The van der Waals surface area contributed by atoms with Gasteiger partial charge in [0.1, 0.15) is 5.82 Å². The van der Waals surface area contributed by atoms with Crippen LogP contribution in [0.4, 0.5) is 9.18 Å². The number of rotatable bonds is 6. The van der Waals surface area contributed by atoms with Crippen molar-refractivity contribution in [2.24, 2.45) is 5.92 Å². The molecular weight excluding hydrogens is 351 g/mol. The Morgan fingerprint density at radius 1 is 1.52 bits per heavy atom. The van der Waals surface area contributed by atoms with E-state index in [1.165, 1.54) is 17.9 Å². The van der Waals surface area contributed by atoms with Crippen LogP contribution in [0, 0.1) is 11.7 Å². The van der Waals surface area contributed by atoms with Gasteiger partial charge in [-0.05, 0) is 18.9 Å². The van der Waals surface area contributed by atoms with Gasteiger partial charge < -0.3 is 20.1 Å². The quantitative estimate of drug-likeness (QED) is 0.752. The summed E-state index contributed by atoms with van der Waals surface area (Å²) in [6.07, 6.45) is -0.214. The fourth-order valence-corrected chi connectivity index (χ4v) is 3.25. The second-order valence-corrected chi connectivity index (χ2v) is 6.46. The van der Waals surface area contributed by atoms with Gasteiger partial charge in [-0.15, -0.1) is 0 Å². The predicted molar refractivity (Wildman–Crippen MR) is 91.1 cm³/mol. The molecule has 2 amide bonds. The summed E-state index contributed by atoms with van der Waals surface area (Å²) in [5.74, 6) is -0.917. The van der Waals surface area contributed by atoms with Crippen LogP contribution in [0.25, 0.3) is 0 Å². The summed E-state index contributed by atoms with van der Waals surface area (Å²) >= 11 is 5.89. The Hall–Kier alpha value is -1.86. The molecule has 6 nitrogen and oxygen atoms in total. The Bertz CT molecular complexity index is 629. The van der Waals surface area contributed by atoms with Gasteiger partial charge >= 0.3 is 6.09 Å². The molecule has 25 heavy (non-hydrogen) atoms. The lowest BCUT2D eigenvalue weighted by Gasteiger charge is -2.36. The van der Waals surface area contributed by atoms with Crippen molar-refractivity contribution in [2.75, 3.05) is 26.2 Å². The molecule has 0 saturated carbocycles. The summed E-state index contributed by atoms with van der Waals surface area (Å²) in [6, 6.07) is 4.70. The summed E-state index contributed by atoms with van der Waals surface area (Å²) in [5.41, 5.74) is 0.313. The molecule has 0 radical (unpaired) electrons. The number of carbonyl (C=O) groups excluding carboxylic acids is 1. The highest BCUT2D eigenvalue weighted by molar-refractivity contribution is 6.30. The van der Waals surface area contributed by atoms with E-state index in [1.54, 1.807) is 12.1 Å². The summed E-state index contributed by atoms with van der Waals surface area (Å²) in [7, 11) is 0. The largest absolute Gasteiger partial charge is 0.465 e. The molecule has 8 heteroatoms. The molecule has 1 saturated heterocycles. The zero-order chi connectivity index (χ0) is 18.4. The Balaban J connectivity index is 2.17. The highest BCUT2D eigenvalue weighted by Crippen LogP contribution is 2.35. The van der Waals surface area contributed by atoms with Crippen molar-refractivity contribution in [2.45, 2.75) is 25.9 Å². The SMILES string of the molecule is CC(=O)NCCO[C@@H](c1cccc(Cl)c1F)C1CCCN(C(=O)O)C1. The third-order valence-electron chi connectivity index (χ3n) is 4.22. The van der Waals surface area contributed by atoms with E-state index >= 15 is 0 Å². The number of benzene rings is 1. The van der Waals surface area contributed by atoms with Gasteiger partial charge in [-0.2, -0.15) is 0 Å². The molecule has 0 bridgehead atoms. The van der Waals surface area contributed by atoms with Crippen molar-refractivity contribution >= 4 is 23.6 Å². The molecule has 1 unspecified atom stereocenters. The number of amides is 2. The van der Waals surface area contributed by atoms with Crippen molar-refractivity contribution < 1.29 is 23.8 Å². The molecule has 1 aliphatic rings. The van der Waals surface area contributed by atoms with E-state index in [9.17, 15) is 19.1 Å². The second-order valence-electron chi connectivity index (χ2n) is 6.05. The van der Waals surface area contributed by atoms with Crippen molar-refractivity contribution in [3.8, 4) is 0 Å². The van der Waals surface area contributed by atoms with Gasteiger partial charge in [0.15, 0.2) is 0 Å². The van der Waals surface area contributed by atoms with E-state index in [4.69, 9.17) is 16.3 Å². The molecule has 0 aromatic heterocycles. The van der Waals surface area contributed by atoms with Gasteiger partial charge in [0, 0.05) is 38.0 Å². The van der Waals surface area contributed by atoms with E-state index in [2.05, 4.69) is 5.32 Å². The summed E-state index contributed by atoms with van der Waals surface area (Å²) < 4.78 is 20.3. The smallest absolute Gasteiger partial charge is 0.407 e. The number of nitrogens with zero attached hydrogens (tertiary/aromatic N) is 1. The lowest BCUT2D eigenvalue weighted by molar-refractivity contribution is -0.119. The molecule has 1 fully saturated rings. The number of ether oxygens (including phenoxy) is 1. The number of carboxylic acid groups (broad SMARTS) is 1. The maximum absolute atomic E-state index is 14.5. The fourth-order valence-electron chi connectivity index (χ4n) is 3.06. The van der Waals surface area contributed by atoms with Gasteiger partial charge in [-0.1, -0.05) is 23.7 Å². The van der Waals surface area contributed by atoms with Crippen molar-refractivity contribution in [1.29, 1.82) is 0 Å². The van der Waals surface area contributed by atoms with Crippen LogP contribution in [0.3, 0.4) is 0 Å². The molecular formula is C17H22ClFN2O4. The highest BCUT2D eigenvalue weighted by atomic mass is 35.5. The van der Waals surface area contributed by atoms with Crippen molar-refractivity contribution in [1.82, 2.24) is 10.2 Å². The molecule has 0 aliphatic carbocycles. The summed E-state index contributed by atoms with van der Waals surface area (Å²) in [5, 5.41) is 11.8. The molecule has 1 aromatic rings. The molecule has 138 valence electrons. The van der Waals surface area contributed by atoms with Crippen LogP contribution in [-0.4, -0.2) is 48.2 Å². The Morgan fingerprint density at radius 2 is 2.28 bits per heavy atom. The molecule has 2 rings (SSSR count). The third kappa shape index (κ3) is 5.31. The minimum atomic E-state index is -0.992. The van der Waals surface area contributed by atoms with Crippen molar-refractivity contribution in [3.05, 3.63) is 34.6 Å². The molecule has 1 aliphatic heterocycles. The topological polar surface area (TPSA) is 78.9 Å². The van der Waals surface area contributed by atoms with E-state index in [0.29, 0.717) is 25.1 Å². The monoisotopic (exact) mass is 372 g/mol. The number of carbonyl (C=O) groups is 2. The molecule has 0 spiro atoms. The van der Waals surface area contributed by atoms with Gasteiger partial charge in [-0.3, -0.25) is 4.79 Å². The predicted octanol–water partition coefficient (Wildman–Crippen LogP) is 3.06. The number of halogens is 2. The van der Waals surface area contributed by atoms with E-state index in [-0.39, 0.29) is 30.0 Å². The fraction of sp³-hybridized carbons (Fsp3) is 0.529.